The van der Waals surface area contributed by atoms with E-state index in [1.54, 1.807) is 29.7 Å². The lowest BCUT2D eigenvalue weighted by Crippen LogP contribution is -2.40. The topological polar surface area (TPSA) is 62.3 Å². The molecule has 1 fully saturated rings. The smallest absolute Gasteiger partial charge is 0.240 e. The van der Waals surface area contributed by atoms with E-state index in [1.807, 2.05) is 41.8 Å². The molecule has 0 saturated carbocycles. The number of nitrogens with zero attached hydrogens (tertiary/aromatic N) is 2. The van der Waals surface area contributed by atoms with Crippen LogP contribution in [0.25, 0.3) is 11.1 Å². The molecule has 8 heteroatoms. The molecule has 1 saturated heterocycles. The highest BCUT2D eigenvalue weighted by Crippen LogP contribution is 2.27. The van der Waals surface area contributed by atoms with Crippen LogP contribution in [0.3, 0.4) is 0 Å². The fourth-order valence-corrected chi connectivity index (χ4v) is 5.36. The summed E-state index contributed by atoms with van der Waals surface area (Å²) in [5.74, 6) is 0. The third-order valence-corrected chi connectivity index (χ3v) is 7.39. The molecular formula is C20H20ClN3O2S2. The molecule has 1 atom stereocenters. The third kappa shape index (κ3) is 4.22. The molecule has 1 aliphatic rings. The Morgan fingerprint density at radius 1 is 1.11 bits per heavy atom. The van der Waals surface area contributed by atoms with E-state index in [1.165, 1.54) is 0 Å². The van der Waals surface area contributed by atoms with E-state index in [0.717, 1.165) is 35.6 Å². The highest BCUT2D eigenvalue weighted by Gasteiger charge is 2.27. The van der Waals surface area contributed by atoms with E-state index < -0.39 is 10.0 Å². The molecule has 3 aromatic rings. The first kappa shape index (κ1) is 19.4. The van der Waals surface area contributed by atoms with Crippen molar-refractivity contribution in [3.63, 3.8) is 0 Å². The normalized spacial score (nSPS) is 17.2. The summed E-state index contributed by atoms with van der Waals surface area (Å²) in [4.78, 5) is 6.81. The summed E-state index contributed by atoms with van der Waals surface area (Å²) < 4.78 is 28.2. The molecule has 0 spiro atoms. The summed E-state index contributed by atoms with van der Waals surface area (Å²) in [6.45, 7) is 1.29. The van der Waals surface area contributed by atoms with Gasteiger partial charge in [-0.15, -0.1) is 11.3 Å². The molecular weight excluding hydrogens is 414 g/mol. The molecule has 0 radical (unpaired) electrons. The number of sulfonamides is 1. The Hall–Kier alpha value is -1.93. The van der Waals surface area contributed by atoms with E-state index in [-0.39, 0.29) is 10.9 Å². The zero-order valence-corrected chi connectivity index (χ0v) is 17.5. The third-order valence-electron chi connectivity index (χ3n) is 4.89. The first-order valence-electron chi connectivity index (χ1n) is 9.05. The van der Waals surface area contributed by atoms with Gasteiger partial charge in [0.15, 0.2) is 5.13 Å². The Morgan fingerprint density at radius 3 is 2.43 bits per heavy atom. The number of rotatable bonds is 6. The zero-order chi connectivity index (χ0) is 19.6. The average Bonchev–Trinajstić information content (AvgIpc) is 3.38. The minimum atomic E-state index is -3.56. The van der Waals surface area contributed by atoms with Gasteiger partial charge in [0.1, 0.15) is 0 Å². The second-order valence-corrected chi connectivity index (χ2v) is 9.76. The molecule has 0 amide bonds. The minimum absolute atomic E-state index is 0.134. The number of halogens is 1. The molecule has 2 heterocycles. The van der Waals surface area contributed by atoms with Gasteiger partial charge in [-0.2, -0.15) is 0 Å². The van der Waals surface area contributed by atoms with E-state index in [2.05, 4.69) is 14.6 Å². The van der Waals surface area contributed by atoms with Gasteiger partial charge in [0, 0.05) is 35.7 Å². The number of hydrogen-bond acceptors (Lipinski definition) is 5. The standard InChI is InChI=1S/C20H20ClN3O2S2/c21-17-7-3-15(4-8-17)16-5-9-19(10-6-16)28(25,26)23-14-18-2-1-12-24(18)20-22-11-13-27-20/h3-11,13,18,23H,1-2,12,14H2. The van der Waals surface area contributed by atoms with Gasteiger partial charge in [0.05, 0.1) is 4.90 Å². The molecule has 2 aromatic carbocycles. The summed E-state index contributed by atoms with van der Waals surface area (Å²) >= 11 is 7.50. The van der Waals surface area contributed by atoms with Crippen molar-refractivity contribution in [3.8, 4) is 11.1 Å². The van der Waals surface area contributed by atoms with Crippen LogP contribution in [-0.4, -0.2) is 32.5 Å². The molecule has 0 aliphatic carbocycles. The molecule has 1 aliphatic heterocycles. The molecule has 4 rings (SSSR count). The molecule has 1 unspecified atom stereocenters. The highest BCUT2D eigenvalue weighted by molar-refractivity contribution is 7.89. The average molecular weight is 434 g/mol. The van der Waals surface area contributed by atoms with Gasteiger partial charge in [-0.3, -0.25) is 0 Å². The Kier molecular flexibility index (Phi) is 5.68. The summed E-state index contributed by atoms with van der Waals surface area (Å²) in [7, 11) is -3.56. The molecule has 146 valence electrons. The van der Waals surface area contributed by atoms with E-state index in [0.29, 0.717) is 11.6 Å². The SMILES string of the molecule is O=S(=O)(NCC1CCCN1c1nccs1)c1ccc(-c2ccc(Cl)cc2)cc1. The molecule has 1 N–H and O–H groups in total. The van der Waals surface area contributed by atoms with Crippen LogP contribution in [0.15, 0.2) is 65.0 Å². The first-order chi connectivity index (χ1) is 13.5. The lowest BCUT2D eigenvalue weighted by atomic mass is 10.1. The number of anilines is 1. The van der Waals surface area contributed by atoms with Crippen LogP contribution in [-0.2, 0) is 10.0 Å². The number of aromatic nitrogens is 1. The Labute approximate surface area is 174 Å². The van der Waals surface area contributed by atoms with Gasteiger partial charge in [-0.1, -0.05) is 35.9 Å². The van der Waals surface area contributed by atoms with Crippen LogP contribution in [0, 0.1) is 0 Å². The van der Waals surface area contributed by atoms with Crippen molar-refractivity contribution in [2.45, 2.75) is 23.8 Å². The maximum atomic E-state index is 12.7. The monoisotopic (exact) mass is 433 g/mol. The van der Waals surface area contributed by atoms with Crippen molar-refractivity contribution >= 4 is 38.1 Å². The van der Waals surface area contributed by atoms with Gasteiger partial charge in [-0.25, -0.2) is 18.1 Å². The van der Waals surface area contributed by atoms with Crippen LogP contribution in [0.5, 0.6) is 0 Å². The van der Waals surface area contributed by atoms with Crippen molar-refractivity contribution in [2.75, 3.05) is 18.0 Å². The fourth-order valence-electron chi connectivity index (χ4n) is 3.42. The van der Waals surface area contributed by atoms with Crippen LogP contribution >= 0.6 is 22.9 Å². The second-order valence-electron chi connectivity index (χ2n) is 6.69. The van der Waals surface area contributed by atoms with Gasteiger partial charge in [0.2, 0.25) is 10.0 Å². The molecule has 1 aromatic heterocycles. The number of benzene rings is 2. The van der Waals surface area contributed by atoms with Crippen molar-refractivity contribution in [1.82, 2.24) is 9.71 Å². The zero-order valence-electron chi connectivity index (χ0n) is 15.1. The predicted molar refractivity (Wildman–Crippen MR) is 115 cm³/mol. The maximum Gasteiger partial charge on any atom is 0.240 e. The summed E-state index contributed by atoms with van der Waals surface area (Å²) in [6.07, 6.45) is 3.78. The molecule has 28 heavy (non-hydrogen) atoms. The Bertz CT molecular complexity index is 1020. The van der Waals surface area contributed by atoms with Crippen molar-refractivity contribution in [1.29, 1.82) is 0 Å². The highest BCUT2D eigenvalue weighted by atomic mass is 35.5. The van der Waals surface area contributed by atoms with Crippen molar-refractivity contribution in [3.05, 3.63) is 65.1 Å². The summed E-state index contributed by atoms with van der Waals surface area (Å²) in [5, 5.41) is 3.57. The molecule has 5 nitrogen and oxygen atoms in total. The minimum Gasteiger partial charge on any atom is -0.344 e. The van der Waals surface area contributed by atoms with E-state index in [9.17, 15) is 8.42 Å². The Balaban J connectivity index is 1.44. The maximum absolute atomic E-state index is 12.7. The summed E-state index contributed by atoms with van der Waals surface area (Å²) in [5.41, 5.74) is 1.94. The van der Waals surface area contributed by atoms with Crippen LogP contribution in [0.4, 0.5) is 5.13 Å². The first-order valence-corrected chi connectivity index (χ1v) is 11.8. The van der Waals surface area contributed by atoms with Gasteiger partial charge in [0.25, 0.3) is 0 Å². The lowest BCUT2D eigenvalue weighted by Gasteiger charge is -2.24. The fraction of sp³-hybridized carbons (Fsp3) is 0.250. The van der Waals surface area contributed by atoms with Gasteiger partial charge >= 0.3 is 0 Å². The lowest BCUT2D eigenvalue weighted by molar-refractivity contribution is 0.567. The molecule has 0 bridgehead atoms. The summed E-state index contributed by atoms with van der Waals surface area (Å²) in [6, 6.07) is 14.5. The van der Waals surface area contributed by atoms with Gasteiger partial charge in [-0.05, 0) is 48.2 Å². The van der Waals surface area contributed by atoms with Crippen molar-refractivity contribution in [2.24, 2.45) is 0 Å². The number of nitrogens with one attached hydrogen (secondary N) is 1. The second kappa shape index (κ2) is 8.21. The Morgan fingerprint density at radius 2 is 1.79 bits per heavy atom. The van der Waals surface area contributed by atoms with Gasteiger partial charge < -0.3 is 4.90 Å². The number of hydrogen-bond donors (Lipinski definition) is 1. The number of thiazole rings is 1. The van der Waals surface area contributed by atoms with E-state index in [4.69, 9.17) is 11.6 Å². The van der Waals surface area contributed by atoms with Crippen LogP contribution < -0.4 is 9.62 Å². The van der Waals surface area contributed by atoms with E-state index >= 15 is 0 Å². The quantitative estimate of drug-likeness (QED) is 0.625. The largest absolute Gasteiger partial charge is 0.344 e. The van der Waals surface area contributed by atoms with Crippen LogP contribution in [0.1, 0.15) is 12.8 Å². The van der Waals surface area contributed by atoms with Crippen molar-refractivity contribution < 1.29 is 8.42 Å². The van der Waals surface area contributed by atoms with Crippen LogP contribution in [0.2, 0.25) is 5.02 Å². The predicted octanol–water partition coefficient (Wildman–Crippen LogP) is 4.41.